The minimum absolute atomic E-state index is 0.0182. The fourth-order valence-electron chi connectivity index (χ4n) is 1.43. The first-order valence-electron chi connectivity index (χ1n) is 5.38. The van der Waals surface area contributed by atoms with E-state index in [-0.39, 0.29) is 6.04 Å². The number of nitrogens with zero attached hydrogens (tertiary/aromatic N) is 2. The van der Waals surface area contributed by atoms with Crippen molar-refractivity contribution in [3.8, 4) is 24.1 Å². The number of ether oxygens (including phenoxy) is 2. The fraction of sp³-hybridized carbons (Fsp3) is 0.500. The highest BCUT2D eigenvalue weighted by molar-refractivity contribution is 5.34. The molecule has 1 N–H and O–H groups in total. The summed E-state index contributed by atoms with van der Waals surface area (Å²) in [6.45, 7) is 2.53. The molecule has 1 heterocycles. The lowest BCUT2D eigenvalue weighted by molar-refractivity contribution is 0.358. The smallest absolute Gasteiger partial charge is 0.224 e. The molecular weight excluding hydrogens is 218 g/mol. The topological polar surface area (TPSA) is 56.3 Å². The molecular formula is C12H17N3O2. The van der Waals surface area contributed by atoms with Gasteiger partial charge in [0, 0.05) is 6.54 Å². The maximum Gasteiger partial charge on any atom is 0.224 e. The summed E-state index contributed by atoms with van der Waals surface area (Å²) >= 11 is 0. The Hall–Kier alpha value is -1.80. The number of nitrogens with one attached hydrogen (secondary N) is 1. The van der Waals surface area contributed by atoms with Crippen LogP contribution >= 0.6 is 0 Å². The summed E-state index contributed by atoms with van der Waals surface area (Å²) in [4.78, 5) is 8.06. The highest BCUT2D eigenvalue weighted by Crippen LogP contribution is 2.22. The quantitative estimate of drug-likeness (QED) is 0.745. The molecule has 92 valence electrons. The van der Waals surface area contributed by atoms with Gasteiger partial charge in [0.2, 0.25) is 11.8 Å². The van der Waals surface area contributed by atoms with Crippen molar-refractivity contribution in [2.45, 2.75) is 25.9 Å². The second kappa shape index (κ2) is 6.71. The molecule has 0 saturated heterocycles. The molecule has 0 radical (unpaired) electrons. The molecule has 0 fully saturated rings. The summed E-state index contributed by atoms with van der Waals surface area (Å²) in [5.74, 6) is 3.66. The third-order valence-electron chi connectivity index (χ3n) is 2.39. The summed E-state index contributed by atoms with van der Waals surface area (Å²) in [6.07, 6.45) is 7.64. The maximum absolute atomic E-state index is 5.38. The van der Waals surface area contributed by atoms with Crippen LogP contribution in [0.4, 0.5) is 0 Å². The average Bonchev–Trinajstić information content (AvgIpc) is 2.39. The highest BCUT2D eigenvalue weighted by Gasteiger charge is 2.13. The number of methoxy groups -OCH3 is 2. The summed E-state index contributed by atoms with van der Waals surface area (Å²) < 4.78 is 10.3. The third-order valence-corrected chi connectivity index (χ3v) is 2.39. The van der Waals surface area contributed by atoms with Gasteiger partial charge in [-0.15, -0.1) is 6.42 Å². The van der Waals surface area contributed by atoms with Crippen LogP contribution in [0.25, 0.3) is 0 Å². The van der Waals surface area contributed by atoms with Crippen LogP contribution in [0, 0.1) is 12.3 Å². The van der Waals surface area contributed by atoms with Crippen LogP contribution in [0.3, 0.4) is 0 Å². The highest BCUT2D eigenvalue weighted by atomic mass is 16.5. The molecule has 1 unspecified atom stereocenters. The second-order valence-corrected chi connectivity index (χ2v) is 3.38. The lowest BCUT2D eigenvalue weighted by Crippen LogP contribution is -2.26. The third kappa shape index (κ3) is 3.33. The van der Waals surface area contributed by atoms with E-state index in [4.69, 9.17) is 15.9 Å². The van der Waals surface area contributed by atoms with Gasteiger partial charge in [-0.05, 0) is 6.42 Å². The molecule has 5 nitrogen and oxygen atoms in total. The zero-order valence-corrected chi connectivity index (χ0v) is 10.4. The van der Waals surface area contributed by atoms with Crippen LogP contribution in [0.5, 0.6) is 11.8 Å². The van der Waals surface area contributed by atoms with E-state index in [1.807, 2.05) is 6.92 Å². The van der Waals surface area contributed by atoms with E-state index in [1.165, 1.54) is 6.33 Å². The SMILES string of the molecule is C#CC(CC)NCc1c(OC)ncnc1OC. The maximum atomic E-state index is 5.38. The van der Waals surface area contributed by atoms with E-state index in [0.717, 1.165) is 12.0 Å². The monoisotopic (exact) mass is 235 g/mol. The van der Waals surface area contributed by atoms with Crippen molar-refractivity contribution in [1.29, 1.82) is 0 Å². The van der Waals surface area contributed by atoms with E-state index in [1.54, 1.807) is 14.2 Å². The largest absolute Gasteiger partial charge is 0.481 e. The van der Waals surface area contributed by atoms with Crippen LogP contribution in [-0.4, -0.2) is 30.2 Å². The number of aromatic nitrogens is 2. The Morgan fingerprint density at radius 2 is 1.94 bits per heavy atom. The second-order valence-electron chi connectivity index (χ2n) is 3.38. The minimum atomic E-state index is 0.0182. The zero-order chi connectivity index (χ0) is 12.7. The van der Waals surface area contributed by atoms with E-state index in [0.29, 0.717) is 18.3 Å². The predicted molar refractivity (Wildman–Crippen MR) is 64.9 cm³/mol. The summed E-state index contributed by atoms with van der Waals surface area (Å²) in [7, 11) is 3.12. The van der Waals surface area contributed by atoms with Gasteiger partial charge in [-0.1, -0.05) is 12.8 Å². The summed E-state index contributed by atoms with van der Waals surface area (Å²) in [5.41, 5.74) is 0.770. The lowest BCUT2D eigenvalue weighted by atomic mass is 10.2. The number of hydrogen-bond donors (Lipinski definition) is 1. The first-order chi connectivity index (χ1) is 8.26. The van der Waals surface area contributed by atoms with Crippen molar-refractivity contribution in [2.75, 3.05) is 14.2 Å². The summed E-state index contributed by atoms with van der Waals surface area (Å²) in [6, 6.07) is 0.0182. The molecule has 1 aromatic rings. The van der Waals surface area contributed by atoms with Gasteiger partial charge in [-0.25, -0.2) is 9.97 Å². The molecule has 1 aromatic heterocycles. The van der Waals surface area contributed by atoms with Gasteiger partial charge in [0.1, 0.15) is 6.33 Å². The standard InChI is InChI=1S/C12H17N3O2/c1-5-9(6-2)13-7-10-11(16-3)14-8-15-12(10)17-4/h1,8-9,13H,6-7H2,2-4H3. The Morgan fingerprint density at radius 1 is 1.35 bits per heavy atom. The van der Waals surface area contributed by atoms with Gasteiger partial charge in [-0.2, -0.15) is 0 Å². The number of hydrogen-bond acceptors (Lipinski definition) is 5. The lowest BCUT2D eigenvalue weighted by Gasteiger charge is -2.14. The van der Waals surface area contributed by atoms with Gasteiger partial charge < -0.3 is 9.47 Å². The Labute approximate surface area is 102 Å². The van der Waals surface area contributed by atoms with Crippen LogP contribution in [-0.2, 0) is 6.54 Å². The first-order valence-corrected chi connectivity index (χ1v) is 5.38. The molecule has 5 heteroatoms. The molecule has 0 bridgehead atoms. The molecule has 0 spiro atoms. The van der Waals surface area contributed by atoms with Crippen molar-refractivity contribution in [2.24, 2.45) is 0 Å². The fourth-order valence-corrected chi connectivity index (χ4v) is 1.43. The van der Waals surface area contributed by atoms with Crippen LogP contribution in [0.2, 0.25) is 0 Å². The molecule has 0 amide bonds. The van der Waals surface area contributed by atoms with Gasteiger partial charge in [0.05, 0.1) is 25.8 Å². The van der Waals surface area contributed by atoms with Crippen LogP contribution < -0.4 is 14.8 Å². The predicted octanol–water partition coefficient (Wildman–Crippen LogP) is 0.995. The van der Waals surface area contributed by atoms with E-state index in [9.17, 15) is 0 Å². The average molecular weight is 235 g/mol. The normalized spacial score (nSPS) is 11.6. The van der Waals surface area contributed by atoms with Gasteiger partial charge in [0.25, 0.3) is 0 Å². The Kier molecular flexibility index (Phi) is 5.24. The first kappa shape index (κ1) is 13.3. The van der Waals surface area contributed by atoms with Crippen LogP contribution in [0.1, 0.15) is 18.9 Å². The van der Waals surface area contributed by atoms with E-state index >= 15 is 0 Å². The van der Waals surface area contributed by atoms with Crippen molar-refractivity contribution in [3.63, 3.8) is 0 Å². The van der Waals surface area contributed by atoms with Crippen molar-refractivity contribution < 1.29 is 9.47 Å². The molecule has 0 aliphatic heterocycles. The molecule has 0 aromatic carbocycles. The van der Waals surface area contributed by atoms with E-state index in [2.05, 4.69) is 21.2 Å². The van der Waals surface area contributed by atoms with Crippen molar-refractivity contribution in [1.82, 2.24) is 15.3 Å². The van der Waals surface area contributed by atoms with Gasteiger partial charge in [-0.3, -0.25) is 5.32 Å². The van der Waals surface area contributed by atoms with Gasteiger partial charge in [0.15, 0.2) is 0 Å². The molecule has 1 atom stereocenters. The zero-order valence-electron chi connectivity index (χ0n) is 10.4. The molecule has 17 heavy (non-hydrogen) atoms. The number of rotatable bonds is 6. The Bertz CT molecular complexity index is 379. The summed E-state index contributed by atoms with van der Waals surface area (Å²) in [5, 5.41) is 3.21. The molecule has 0 saturated carbocycles. The Balaban J connectivity index is 2.85. The van der Waals surface area contributed by atoms with Crippen molar-refractivity contribution >= 4 is 0 Å². The van der Waals surface area contributed by atoms with Gasteiger partial charge >= 0.3 is 0 Å². The van der Waals surface area contributed by atoms with Crippen molar-refractivity contribution in [3.05, 3.63) is 11.9 Å². The Morgan fingerprint density at radius 3 is 2.35 bits per heavy atom. The minimum Gasteiger partial charge on any atom is -0.481 e. The van der Waals surface area contributed by atoms with Crippen LogP contribution in [0.15, 0.2) is 6.33 Å². The van der Waals surface area contributed by atoms with E-state index < -0.39 is 0 Å². The molecule has 0 aliphatic rings. The molecule has 0 aliphatic carbocycles. The molecule has 1 rings (SSSR count). The number of terminal acetylenes is 1.